The standard InChI is InChI=1S/C13H10ClF4N3O3/c14-5-1-2-6(7(15)3-5)8(22)4-24-12(23)9(11(20)21)10(19)13(16,17)18/h1-3H,4,19H2,(H3,20,21). The zero-order valence-corrected chi connectivity index (χ0v) is 12.5. The summed E-state index contributed by atoms with van der Waals surface area (Å²) < 4.78 is 55.4. The number of nitrogens with two attached hydrogens (primary N) is 2. The summed E-state index contributed by atoms with van der Waals surface area (Å²) in [4.78, 5) is 23.3. The van der Waals surface area contributed by atoms with E-state index in [-0.39, 0.29) is 5.02 Å². The number of benzene rings is 1. The lowest BCUT2D eigenvalue weighted by molar-refractivity contribution is -0.138. The predicted octanol–water partition coefficient (Wildman–Crippen LogP) is 1.92. The Morgan fingerprint density at radius 3 is 2.29 bits per heavy atom. The van der Waals surface area contributed by atoms with Gasteiger partial charge in [-0.05, 0) is 18.2 Å². The maximum atomic E-state index is 13.5. The molecule has 1 aromatic rings. The lowest BCUT2D eigenvalue weighted by Crippen LogP contribution is -2.32. The molecule has 0 aromatic heterocycles. The highest BCUT2D eigenvalue weighted by molar-refractivity contribution is 6.30. The number of allylic oxidation sites excluding steroid dienone is 1. The number of rotatable bonds is 5. The zero-order valence-electron chi connectivity index (χ0n) is 11.7. The molecule has 0 heterocycles. The Hall–Kier alpha value is -2.62. The van der Waals surface area contributed by atoms with Gasteiger partial charge in [0.1, 0.15) is 22.9 Å². The molecule has 6 nitrogen and oxygen atoms in total. The molecular weight excluding hydrogens is 358 g/mol. The quantitative estimate of drug-likeness (QED) is 0.183. The fourth-order valence-corrected chi connectivity index (χ4v) is 1.66. The number of carbonyl (C=O) groups is 2. The second-order valence-electron chi connectivity index (χ2n) is 4.32. The van der Waals surface area contributed by atoms with Crippen molar-refractivity contribution in [3.63, 3.8) is 0 Å². The van der Waals surface area contributed by atoms with Crippen LogP contribution in [0.25, 0.3) is 0 Å². The number of hydrogen-bond acceptors (Lipinski definition) is 5. The molecular formula is C13H10ClF4N3O3. The van der Waals surface area contributed by atoms with E-state index in [1.165, 1.54) is 6.07 Å². The Bertz CT molecular complexity index is 732. The maximum absolute atomic E-state index is 13.5. The van der Waals surface area contributed by atoms with E-state index in [0.29, 0.717) is 0 Å². The van der Waals surface area contributed by atoms with Crippen LogP contribution >= 0.6 is 11.6 Å². The number of halogens is 5. The van der Waals surface area contributed by atoms with E-state index in [9.17, 15) is 27.2 Å². The minimum atomic E-state index is -5.13. The van der Waals surface area contributed by atoms with Gasteiger partial charge in [0.2, 0.25) is 5.78 Å². The average Bonchev–Trinajstić information content (AvgIpc) is 2.43. The van der Waals surface area contributed by atoms with Crippen molar-refractivity contribution in [1.82, 2.24) is 0 Å². The van der Waals surface area contributed by atoms with Gasteiger partial charge in [-0.25, -0.2) is 9.18 Å². The minimum absolute atomic E-state index is 0.0146. The Kier molecular flexibility index (Phi) is 5.91. The molecule has 1 rings (SSSR count). The van der Waals surface area contributed by atoms with E-state index in [4.69, 9.17) is 28.5 Å². The summed E-state index contributed by atoms with van der Waals surface area (Å²) >= 11 is 5.50. The molecule has 0 radical (unpaired) electrons. The minimum Gasteiger partial charge on any atom is -0.454 e. The van der Waals surface area contributed by atoms with E-state index in [0.717, 1.165) is 12.1 Å². The topological polar surface area (TPSA) is 119 Å². The molecule has 0 unspecified atom stereocenters. The normalized spacial score (nSPS) is 12.4. The number of alkyl halides is 3. The number of esters is 1. The number of ketones is 1. The lowest BCUT2D eigenvalue weighted by atomic mass is 10.1. The van der Waals surface area contributed by atoms with Crippen LogP contribution in [-0.4, -0.2) is 30.4 Å². The maximum Gasteiger partial charge on any atom is 0.431 e. The molecule has 11 heteroatoms. The van der Waals surface area contributed by atoms with Crippen molar-refractivity contribution >= 4 is 29.2 Å². The molecule has 5 N–H and O–H groups in total. The van der Waals surface area contributed by atoms with Gasteiger partial charge in [0.15, 0.2) is 6.61 Å². The van der Waals surface area contributed by atoms with Crippen molar-refractivity contribution in [2.45, 2.75) is 6.18 Å². The first-order chi connectivity index (χ1) is 10.9. The van der Waals surface area contributed by atoms with Crippen LogP contribution in [-0.2, 0) is 9.53 Å². The molecule has 24 heavy (non-hydrogen) atoms. The van der Waals surface area contributed by atoms with Crippen LogP contribution in [0.5, 0.6) is 0 Å². The third-order valence-electron chi connectivity index (χ3n) is 2.61. The highest BCUT2D eigenvalue weighted by Crippen LogP contribution is 2.24. The number of ether oxygens (including phenoxy) is 1. The lowest BCUT2D eigenvalue weighted by Gasteiger charge is -2.12. The molecule has 0 aliphatic rings. The molecule has 0 atom stereocenters. The van der Waals surface area contributed by atoms with Crippen molar-refractivity contribution in [3.05, 3.63) is 45.9 Å². The molecule has 0 fully saturated rings. The van der Waals surface area contributed by atoms with E-state index in [1.54, 1.807) is 0 Å². The first kappa shape index (κ1) is 19.4. The fraction of sp³-hybridized carbons (Fsp3) is 0.154. The summed E-state index contributed by atoms with van der Waals surface area (Å²) in [5.74, 6) is -5.06. The van der Waals surface area contributed by atoms with E-state index < -0.39 is 53.0 Å². The van der Waals surface area contributed by atoms with Gasteiger partial charge < -0.3 is 16.2 Å². The first-order valence-corrected chi connectivity index (χ1v) is 6.39. The van der Waals surface area contributed by atoms with Gasteiger partial charge in [0.25, 0.3) is 0 Å². The molecule has 1 aromatic carbocycles. The number of hydrogen-bond donors (Lipinski definition) is 3. The molecule has 0 spiro atoms. The summed E-state index contributed by atoms with van der Waals surface area (Å²) in [7, 11) is 0. The highest BCUT2D eigenvalue weighted by Gasteiger charge is 2.38. The first-order valence-electron chi connectivity index (χ1n) is 6.01. The monoisotopic (exact) mass is 367 g/mol. The molecule has 0 aliphatic heterocycles. The van der Waals surface area contributed by atoms with Gasteiger partial charge in [0, 0.05) is 5.02 Å². The Labute approximate surface area is 137 Å². The second-order valence-corrected chi connectivity index (χ2v) is 4.76. The predicted molar refractivity (Wildman–Crippen MR) is 75.9 cm³/mol. The van der Waals surface area contributed by atoms with Gasteiger partial charge in [-0.1, -0.05) is 11.6 Å². The summed E-state index contributed by atoms with van der Waals surface area (Å²) in [6, 6.07) is 3.04. The van der Waals surface area contributed by atoms with Gasteiger partial charge in [0.05, 0.1) is 5.56 Å². The third kappa shape index (κ3) is 4.69. The summed E-state index contributed by atoms with van der Waals surface area (Å²) in [5.41, 5.74) is 5.75. The molecule has 130 valence electrons. The molecule has 0 saturated heterocycles. The summed E-state index contributed by atoms with van der Waals surface area (Å²) in [5, 5.41) is 6.99. The van der Waals surface area contributed by atoms with Crippen LogP contribution < -0.4 is 11.5 Å². The van der Waals surface area contributed by atoms with Crippen molar-refractivity contribution in [2.75, 3.05) is 6.61 Å². The second kappa shape index (κ2) is 7.30. The Morgan fingerprint density at radius 2 is 1.83 bits per heavy atom. The molecule has 0 saturated carbocycles. The molecule has 0 amide bonds. The third-order valence-corrected chi connectivity index (χ3v) is 2.85. The number of nitrogens with one attached hydrogen (secondary N) is 1. The molecule has 0 bridgehead atoms. The van der Waals surface area contributed by atoms with Crippen LogP contribution in [0.2, 0.25) is 5.02 Å². The summed E-state index contributed by atoms with van der Waals surface area (Å²) in [6.07, 6.45) is -5.13. The van der Waals surface area contributed by atoms with Crippen LogP contribution in [0.4, 0.5) is 17.6 Å². The summed E-state index contributed by atoms with van der Waals surface area (Å²) in [6.45, 7) is -1.08. The van der Waals surface area contributed by atoms with E-state index in [1.807, 2.05) is 0 Å². The number of amidine groups is 1. The molecule has 0 aliphatic carbocycles. The SMILES string of the molecule is N=C(N)C(C(=O)OCC(=O)c1ccc(Cl)cc1F)=C(N)C(F)(F)F. The Balaban J connectivity index is 2.94. The van der Waals surface area contributed by atoms with Crippen molar-refractivity contribution in [2.24, 2.45) is 11.5 Å². The van der Waals surface area contributed by atoms with Crippen LogP contribution in [0, 0.1) is 11.2 Å². The van der Waals surface area contributed by atoms with Crippen molar-refractivity contribution in [3.8, 4) is 0 Å². The van der Waals surface area contributed by atoms with Gasteiger partial charge in [-0.2, -0.15) is 13.2 Å². The fourth-order valence-electron chi connectivity index (χ4n) is 1.50. The van der Waals surface area contributed by atoms with Crippen molar-refractivity contribution in [1.29, 1.82) is 5.41 Å². The largest absolute Gasteiger partial charge is 0.454 e. The van der Waals surface area contributed by atoms with Gasteiger partial charge >= 0.3 is 12.1 Å². The van der Waals surface area contributed by atoms with E-state index >= 15 is 0 Å². The van der Waals surface area contributed by atoms with Gasteiger partial charge in [-0.3, -0.25) is 10.2 Å². The Morgan fingerprint density at radius 1 is 1.25 bits per heavy atom. The number of carbonyl (C=O) groups excluding carboxylic acids is 2. The van der Waals surface area contributed by atoms with Crippen LogP contribution in [0.3, 0.4) is 0 Å². The highest BCUT2D eigenvalue weighted by atomic mass is 35.5. The smallest absolute Gasteiger partial charge is 0.431 e. The van der Waals surface area contributed by atoms with Crippen LogP contribution in [0.15, 0.2) is 29.5 Å². The van der Waals surface area contributed by atoms with Gasteiger partial charge in [-0.15, -0.1) is 0 Å². The van der Waals surface area contributed by atoms with Crippen LogP contribution in [0.1, 0.15) is 10.4 Å². The van der Waals surface area contributed by atoms with Crippen molar-refractivity contribution < 1.29 is 31.9 Å². The zero-order chi connectivity index (χ0) is 18.7. The average molecular weight is 368 g/mol. The van der Waals surface area contributed by atoms with E-state index in [2.05, 4.69) is 4.74 Å². The number of Topliss-reactive ketones (excluding diaryl/α,β-unsaturated/α-hetero) is 1.